The fourth-order valence-electron chi connectivity index (χ4n) is 4.75. The highest BCUT2D eigenvalue weighted by Gasteiger charge is 2.26. The topological polar surface area (TPSA) is 0 Å². The van der Waals surface area contributed by atoms with Gasteiger partial charge in [-0.25, -0.2) is 0 Å². The first-order valence-electron chi connectivity index (χ1n) is 14.7. The molecule has 0 aliphatic heterocycles. The molecule has 0 atom stereocenters. The average Bonchev–Trinajstić information content (AvgIpc) is 2.87. The van der Waals surface area contributed by atoms with Crippen LogP contribution in [0.5, 0.6) is 0 Å². The molecule has 0 fully saturated rings. The number of benzene rings is 2. The number of halogens is 6. The number of unbranched alkanes of at least 4 members (excludes halogenated alkanes) is 12. The third-order valence-corrected chi connectivity index (χ3v) is 8.29. The Kier molecular flexibility index (Phi) is 16.2. The maximum Gasteiger partial charge on any atom is 0.389 e. The van der Waals surface area contributed by atoms with Crippen molar-refractivity contribution in [1.29, 1.82) is 0 Å². The smallest absolute Gasteiger partial charge is 0.171 e. The van der Waals surface area contributed by atoms with Gasteiger partial charge in [-0.2, -0.15) is 26.3 Å². The summed E-state index contributed by atoms with van der Waals surface area (Å²) in [6, 6.07) is 17.7. The summed E-state index contributed by atoms with van der Waals surface area (Å²) in [5, 5.41) is 2.64. The third-order valence-electron chi connectivity index (χ3n) is 7.05. The van der Waals surface area contributed by atoms with E-state index in [-0.39, 0.29) is 12.8 Å². The predicted octanol–water partition coefficient (Wildman–Crippen LogP) is 10.8. The van der Waals surface area contributed by atoms with E-state index in [1.54, 1.807) is 0 Å². The van der Waals surface area contributed by atoms with Gasteiger partial charge in [0.05, 0.1) is 0 Å². The lowest BCUT2D eigenvalue weighted by atomic mass is 10.0. The summed E-state index contributed by atoms with van der Waals surface area (Å²) in [4.78, 5) is 0. The van der Waals surface area contributed by atoms with Crippen molar-refractivity contribution in [1.82, 2.24) is 0 Å². The Morgan fingerprint density at radius 2 is 0.667 bits per heavy atom. The van der Waals surface area contributed by atoms with Gasteiger partial charge in [-0.05, 0) is 60.3 Å². The second kappa shape index (κ2) is 18.7. The van der Waals surface area contributed by atoms with Gasteiger partial charge in [-0.1, -0.05) is 121 Å². The van der Waals surface area contributed by atoms with E-state index >= 15 is 0 Å². The molecule has 0 aliphatic carbocycles. The van der Waals surface area contributed by atoms with E-state index in [1.165, 1.54) is 21.7 Å². The van der Waals surface area contributed by atoms with E-state index in [2.05, 4.69) is 48.5 Å². The third kappa shape index (κ3) is 18.4. The minimum absolute atomic E-state index is 0.254. The predicted molar refractivity (Wildman–Crippen MR) is 154 cm³/mol. The first kappa shape index (κ1) is 33.7. The second-order valence-electron chi connectivity index (χ2n) is 10.7. The molecule has 0 amide bonds. The van der Waals surface area contributed by atoms with Gasteiger partial charge in [0.1, 0.15) is 0 Å². The van der Waals surface area contributed by atoms with Crippen LogP contribution in [0.2, 0.25) is 0 Å². The zero-order valence-electron chi connectivity index (χ0n) is 23.1. The Bertz CT molecular complexity index is 798. The van der Waals surface area contributed by atoms with Crippen molar-refractivity contribution in [2.45, 2.75) is 128 Å². The molecule has 0 nitrogen and oxygen atoms in total. The SMILES string of the molecule is FC(F)(F)CCCCCCCCCc1ccc(Pc2ccc(CCCCCCCCCC(F)(F)F)cc2)cc1. The van der Waals surface area contributed by atoms with Crippen molar-refractivity contribution >= 4 is 19.2 Å². The molecular weight excluding hydrogens is 529 g/mol. The number of alkyl halides is 6. The Morgan fingerprint density at radius 1 is 0.385 bits per heavy atom. The van der Waals surface area contributed by atoms with Crippen LogP contribution in [0.3, 0.4) is 0 Å². The van der Waals surface area contributed by atoms with Gasteiger partial charge in [0.2, 0.25) is 0 Å². The molecule has 220 valence electrons. The zero-order chi connectivity index (χ0) is 28.4. The van der Waals surface area contributed by atoms with E-state index in [9.17, 15) is 26.3 Å². The van der Waals surface area contributed by atoms with Crippen molar-refractivity contribution in [3.63, 3.8) is 0 Å². The maximum atomic E-state index is 12.1. The lowest BCUT2D eigenvalue weighted by molar-refractivity contribution is -0.136. The van der Waals surface area contributed by atoms with E-state index in [1.807, 2.05) is 0 Å². The van der Waals surface area contributed by atoms with Crippen LogP contribution in [0.25, 0.3) is 0 Å². The summed E-state index contributed by atoms with van der Waals surface area (Å²) in [6.45, 7) is 0. The van der Waals surface area contributed by atoms with Crippen LogP contribution in [0, 0.1) is 0 Å². The lowest BCUT2D eigenvalue weighted by Gasteiger charge is -2.07. The minimum Gasteiger partial charge on any atom is -0.171 e. The Balaban J connectivity index is 1.51. The molecule has 7 heteroatoms. The summed E-state index contributed by atoms with van der Waals surface area (Å²) in [6.07, 6.45) is 5.12. The normalized spacial score (nSPS) is 12.3. The molecule has 0 N–H and O–H groups in total. The molecule has 2 rings (SSSR count). The Hall–Kier alpha value is -1.55. The average molecular weight is 575 g/mol. The van der Waals surface area contributed by atoms with E-state index in [0.717, 1.165) is 77.0 Å². The van der Waals surface area contributed by atoms with Gasteiger partial charge in [-0.3, -0.25) is 0 Å². The highest BCUT2D eigenvalue weighted by molar-refractivity contribution is 7.55. The van der Waals surface area contributed by atoms with Crippen molar-refractivity contribution < 1.29 is 26.3 Å². The second-order valence-corrected chi connectivity index (χ2v) is 12.1. The number of hydrogen-bond donors (Lipinski definition) is 0. The summed E-state index contributed by atoms with van der Waals surface area (Å²) in [5.74, 6) is 0. The number of aryl methyl sites for hydroxylation is 2. The maximum absolute atomic E-state index is 12.1. The molecule has 0 radical (unpaired) electrons. The first-order chi connectivity index (χ1) is 18.6. The standard InChI is InChI=1S/C32H45F6P/c33-31(34,35)25-13-9-5-1-3-7-11-15-27-17-21-29(22-18-27)39-30-23-19-28(20-24-30)16-12-8-4-2-6-10-14-26-32(36,37)38/h17-24,39H,1-16,25-26H2. The summed E-state index contributed by atoms with van der Waals surface area (Å²) >= 11 is 0. The largest absolute Gasteiger partial charge is 0.389 e. The molecule has 0 heterocycles. The van der Waals surface area contributed by atoms with E-state index < -0.39 is 25.2 Å². The molecule has 0 aromatic heterocycles. The molecule has 39 heavy (non-hydrogen) atoms. The Labute approximate surface area is 233 Å². The van der Waals surface area contributed by atoms with Crippen molar-refractivity contribution in [3.05, 3.63) is 59.7 Å². The highest BCUT2D eigenvalue weighted by Crippen LogP contribution is 2.24. The fraction of sp³-hybridized carbons (Fsp3) is 0.625. The molecular formula is C32H45F6P. The van der Waals surface area contributed by atoms with Crippen LogP contribution in [0.15, 0.2) is 48.5 Å². The van der Waals surface area contributed by atoms with Crippen molar-refractivity contribution in [2.24, 2.45) is 0 Å². The minimum atomic E-state index is -4.01. The van der Waals surface area contributed by atoms with Crippen molar-refractivity contribution in [2.75, 3.05) is 0 Å². The van der Waals surface area contributed by atoms with Gasteiger partial charge in [0.15, 0.2) is 0 Å². The zero-order valence-corrected chi connectivity index (χ0v) is 24.1. The van der Waals surface area contributed by atoms with Crippen LogP contribution in [-0.2, 0) is 12.8 Å². The number of rotatable bonds is 20. The van der Waals surface area contributed by atoms with E-state index in [0.29, 0.717) is 21.4 Å². The Morgan fingerprint density at radius 3 is 0.974 bits per heavy atom. The van der Waals surface area contributed by atoms with Gasteiger partial charge < -0.3 is 0 Å². The van der Waals surface area contributed by atoms with Crippen LogP contribution >= 0.6 is 8.58 Å². The molecule has 0 unspecified atom stereocenters. The van der Waals surface area contributed by atoms with Gasteiger partial charge >= 0.3 is 12.4 Å². The van der Waals surface area contributed by atoms with Crippen molar-refractivity contribution in [3.8, 4) is 0 Å². The van der Waals surface area contributed by atoms with Gasteiger partial charge in [-0.15, -0.1) is 0 Å². The molecule has 0 bridgehead atoms. The lowest BCUT2D eigenvalue weighted by Crippen LogP contribution is -2.06. The fourth-order valence-corrected chi connectivity index (χ4v) is 5.75. The molecule has 0 spiro atoms. The number of hydrogen-bond acceptors (Lipinski definition) is 0. The molecule has 0 aliphatic rings. The molecule has 2 aromatic rings. The summed E-state index contributed by atoms with van der Waals surface area (Å²) in [7, 11) is 0.625. The van der Waals surface area contributed by atoms with Crippen LogP contribution in [-0.4, -0.2) is 12.4 Å². The quantitative estimate of drug-likeness (QED) is 0.0838. The first-order valence-corrected chi connectivity index (χ1v) is 15.7. The summed E-state index contributed by atoms with van der Waals surface area (Å²) < 4.78 is 72.8. The van der Waals surface area contributed by atoms with Crippen LogP contribution in [0.1, 0.15) is 114 Å². The van der Waals surface area contributed by atoms with Gasteiger partial charge in [0, 0.05) is 12.8 Å². The summed E-state index contributed by atoms with van der Waals surface area (Å²) in [5.41, 5.74) is 2.68. The highest BCUT2D eigenvalue weighted by atomic mass is 31.1. The van der Waals surface area contributed by atoms with Crippen LogP contribution in [0.4, 0.5) is 26.3 Å². The molecule has 2 aromatic carbocycles. The van der Waals surface area contributed by atoms with Gasteiger partial charge in [0.25, 0.3) is 0 Å². The molecule has 0 saturated heterocycles. The van der Waals surface area contributed by atoms with E-state index in [4.69, 9.17) is 0 Å². The van der Waals surface area contributed by atoms with Crippen LogP contribution < -0.4 is 10.6 Å². The molecule has 0 saturated carbocycles. The monoisotopic (exact) mass is 574 g/mol.